The highest BCUT2D eigenvalue weighted by Gasteiger charge is 2.31. The molecule has 0 aromatic heterocycles. The van der Waals surface area contributed by atoms with Crippen LogP contribution >= 0.6 is 0 Å². The van der Waals surface area contributed by atoms with Gasteiger partial charge in [0, 0.05) is 6.54 Å². The summed E-state index contributed by atoms with van der Waals surface area (Å²) < 4.78 is 10.3. The fourth-order valence-corrected chi connectivity index (χ4v) is 2.03. The molecule has 0 unspecified atom stereocenters. The van der Waals surface area contributed by atoms with Gasteiger partial charge >= 0.3 is 6.03 Å². The molecule has 0 saturated carbocycles. The van der Waals surface area contributed by atoms with Crippen LogP contribution in [-0.4, -0.2) is 24.3 Å². The van der Waals surface area contributed by atoms with E-state index in [1.54, 1.807) is 6.07 Å². The Bertz CT molecular complexity index is 545. The minimum Gasteiger partial charge on any atom is -0.454 e. The average Bonchev–Trinajstić information content (AvgIpc) is 2.94. The van der Waals surface area contributed by atoms with E-state index >= 15 is 0 Å². The fraction of sp³-hybridized carbons (Fsp3) is 0.300. The number of ether oxygens (including phenoxy) is 2. The summed E-state index contributed by atoms with van der Waals surface area (Å²) in [4.78, 5) is 21.6. The number of benzene rings is 1. The number of amides is 2. The highest BCUT2D eigenvalue weighted by molar-refractivity contribution is 5.77. The number of hydrogen-bond acceptors (Lipinski definition) is 5. The first-order valence-corrected chi connectivity index (χ1v) is 5.27. The van der Waals surface area contributed by atoms with E-state index in [1.807, 2.05) is 0 Å². The summed E-state index contributed by atoms with van der Waals surface area (Å²) in [6, 6.07) is 2.08. The largest absolute Gasteiger partial charge is 0.454 e. The fourth-order valence-electron chi connectivity index (χ4n) is 2.03. The molecule has 0 spiro atoms. The number of nitrogens with zero attached hydrogens (tertiary/aromatic N) is 1. The molecule has 1 atom stereocenters. The van der Waals surface area contributed by atoms with Crippen molar-refractivity contribution >= 4 is 11.7 Å². The Hall–Kier alpha value is -2.51. The number of nitrogens with one attached hydrogen (secondary N) is 2. The van der Waals surface area contributed by atoms with E-state index in [0.717, 1.165) is 0 Å². The zero-order valence-corrected chi connectivity index (χ0v) is 9.13. The van der Waals surface area contributed by atoms with Gasteiger partial charge in [-0.2, -0.15) is 0 Å². The Morgan fingerprint density at radius 1 is 1.33 bits per heavy atom. The molecule has 1 aromatic carbocycles. The molecule has 0 aliphatic carbocycles. The van der Waals surface area contributed by atoms with Crippen LogP contribution in [0.1, 0.15) is 11.6 Å². The number of carbonyl (C=O) groups is 1. The van der Waals surface area contributed by atoms with Crippen LogP contribution in [0.3, 0.4) is 0 Å². The summed E-state index contributed by atoms with van der Waals surface area (Å²) in [6.07, 6.45) is 0. The number of urea groups is 1. The molecule has 2 aliphatic rings. The summed E-state index contributed by atoms with van der Waals surface area (Å²) >= 11 is 0. The highest BCUT2D eigenvalue weighted by atomic mass is 16.7. The van der Waals surface area contributed by atoms with Crippen LogP contribution in [-0.2, 0) is 0 Å². The molecule has 0 radical (unpaired) electrons. The van der Waals surface area contributed by atoms with Crippen LogP contribution in [0, 0.1) is 10.1 Å². The van der Waals surface area contributed by atoms with Gasteiger partial charge in [0.05, 0.1) is 22.6 Å². The van der Waals surface area contributed by atoms with Crippen LogP contribution in [0.5, 0.6) is 11.5 Å². The van der Waals surface area contributed by atoms with Crippen LogP contribution in [0.25, 0.3) is 0 Å². The van der Waals surface area contributed by atoms with Gasteiger partial charge in [0.15, 0.2) is 11.5 Å². The van der Waals surface area contributed by atoms with Crippen molar-refractivity contribution in [1.82, 2.24) is 10.6 Å². The molecule has 1 fully saturated rings. The Labute approximate surface area is 101 Å². The molecule has 2 N–H and O–H groups in total. The molecule has 8 heteroatoms. The van der Waals surface area contributed by atoms with E-state index in [0.29, 0.717) is 23.6 Å². The van der Waals surface area contributed by atoms with Crippen molar-refractivity contribution in [2.24, 2.45) is 0 Å². The van der Waals surface area contributed by atoms with Crippen molar-refractivity contribution in [3.05, 3.63) is 27.8 Å². The van der Waals surface area contributed by atoms with E-state index in [9.17, 15) is 14.9 Å². The molecule has 2 heterocycles. The molecule has 94 valence electrons. The van der Waals surface area contributed by atoms with E-state index in [4.69, 9.17) is 9.47 Å². The van der Waals surface area contributed by atoms with Crippen molar-refractivity contribution < 1.29 is 19.2 Å². The molecule has 18 heavy (non-hydrogen) atoms. The monoisotopic (exact) mass is 251 g/mol. The van der Waals surface area contributed by atoms with Gasteiger partial charge in [-0.05, 0) is 6.07 Å². The maximum Gasteiger partial charge on any atom is 0.315 e. The summed E-state index contributed by atoms with van der Waals surface area (Å²) in [5, 5.41) is 16.2. The van der Waals surface area contributed by atoms with Gasteiger partial charge in [0.2, 0.25) is 6.79 Å². The zero-order chi connectivity index (χ0) is 12.7. The van der Waals surface area contributed by atoms with Crippen molar-refractivity contribution in [3.63, 3.8) is 0 Å². The molecule has 3 rings (SSSR count). The second-order valence-corrected chi connectivity index (χ2v) is 3.93. The Balaban J connectivity index is 2.06. The van der Waals surface area contributed by atoms with E-state index in [-0.39, 0.29) is 18.5 Å². The first kappa shape index (κ1) is 10.6. The molecular formula is C10H9N3O5. The standard InChI is InChI=1S/C10H9N3O5/c14-10-11-3-6(12-10)5-1-8-9(18-4-17-8)2-7(5)13(15)16/h1-2,6H,3-4H2,(H2,11,12,14)/t6-/m1/s1. The van der Waals surface area contributed by atoms with Crippen LogP contribution in [0.4, 0.5) is 10.5 Å². The van der Waals surface area contributed by atoms with Gasteiger partial charge in [0.1, 0.15) is 0 Å². The molecular weight excluding hydrogens is 242 g/mol. The van der Waals surface area contributed by atoms with Gasteiger partial charge in [0.25, 0.3) is 5.69 Å². The SMILES string of the molecule is O=C1NC[C@H](c2cc3c(cc2[N+](=O)[O-])OCO3)N1. The van der Waals surface area contributed by atoms with E-state index in [1.165, 1.54) is 6.07 Å². The number of rotatable bonds is 2. The molecule has 2 amide bonds. The third kappa shape index (κ3) is 1.58. The van der Waals surface area contributed by atoms with Gasteiger partial charge < -0.3 is 20.1 Å². The van der Waals surface area contributed by atoms with Gasteiger partial charge in [-0.1, -0.05) is 0 Å². The van der Waals surface area contributed by atoms with Gasteiger partial charge in [-0.3, -0.25) is 10.1 Å². The van der Waals surface area contributed by atoms with Crippen LogP contribution in [0.2, 0.25) is 0 Å². The lowest BCUT2D eigenvalue weighted by atomic mass is 10.0. The lowest BCUT2D eigenvalue weighted by molar-refractivity contribution is -0.385. The smallest absolute Gasteiger partial charge is 0.315 e. The van der Waals surface area contributed by atoms with Gasteiger partial charge in [-0.15, -0.1) is 0 Å². The number of nitro benzene ring substituents is 1. The molecule has 1 saturated heterocycles. The normalized spacial score (nSPS) is 20.4. The van der Waals surface area contributed by atoms with E-state index < -0.39 is 11.0 Å². The number of carbonyl (C=O) groups excluding carboxylic acids is 1. The summed E-state index contributed by atoms with van der Waals surface area (Å²) in [6.45, 7) is 0.352. The first-order chi connectivity index (χ1) is 8.65. The summed E-state index contributed by atoms with van der Waals surface area (Å²) in [7, 11) is 0. The predicted molar refractivity (Wildman–Crippen MR) is 58.5 cm³/mol. The molecule has 8 nitrogen and oxygen atoms in total. The summed E-state index contributed by atoms with van der Waals surface area (Å²) in [5.41, 5.74) is 0.316. The number of fused-ring (bicyclic) bond motifs is 1. The third-order valence-electron chi connectivity index (χ3n) is 2.87. The quantitative estimate of drug-likeness (QED) is 0.594. The first-order valence-electron chi connectivity index (χ1n) is 5.27. The second kappa shape index (κ2) is 3.76. The second-order valence-electron chi connectivity index (χ2n) is 3.93. The maximum atomic E-state index is 11.1. The Morgan fingerprint density at radius 3 is 2.67 bits per heavy atom. The number of hydrogen-bond donors (Lipinski definition) is 2. The molecule has 1 aromatic rings. The van der Waals surface area contributed by atoms with E-state index in [2.05, 4.69) is 10.6 Å². The van der Waals surface area contributed by atoms with Crippen molar-refractivity contribution in [2.75, 3.05) is 13.3 Å². The Kier molecular flexibility index (Phi) is 2.22. The Morgan fingerprint density at radius 2 is 2.06 bits per heavy atom. The van der Waals surface area contributed by atoms with Crippen molar-refractivity contribution in [1.29, 1.82) is 0 Å². The average molecular weight is 251 g/mol. The topological polar surface area (TPSA) is 103 Å². The molecule has 0 bridgehead atoms. The van der Waals surface area contributed by atoms with Crippen molar-refractivity contribution in [3.8, 4) is 11.5 Å². The lowest BCUT2D eigenvalue weighted by Crippen LogP contribution is -2.22. The van der Waals surface area contributed by atoms with Crippen molar-refractivity contribution in [2.45, 2.75) is 6.04 Å². The predicted octanol–water partition coefficient (Wildman–Crippen LogP) is 0.677. The maximum absolute atomic E-state index is 11.1. The van der Waals surface area contributed by atoms with Crippen LogP contribution < -0.4 is 20.1 Å². The minimum atomic E-state index is -0.498. The minimum absolute atomic E-state index is 0.0468. The summed E-state index contributed by atoms with van der Waals surface area (Å²) in [5.74, 6) is 0.805. The number of nitro groups is 1. The highest BCUT2D eigenvalue weighted by Crippen LogP contribution is 2.40. The van der Waals surface area contributed by atoms with Gasteiger partial charge in [-0.25, -0.2) is 4.79 Å². The zero-order valence-electron chi connectivity index (χ0n) is 9.13. The third-order valence-corrected chi connectivity index (χ3v) is 2.87. The lowest BCUT2D eigenvalue weighted by Gasteiger charge is -2.10. The molecule has 2 aliphatic heterocycles. The van der Waals surface area contributed by atoms with Crippen LogP contribution in [0.15, 0.2) is 12.1 Å².